The van der Waals surface area contributed by atoms with Gasteiger partial charge in [-0.25, -0.2) is 8.42 Å². The monoisotopic (exact) mass is 343 g/mol. The fraction of sp³-hybridized carbons (Fsp3) is 0.364. The van der Waals surface area contributed by atoms with Gasteiger partial charge in [0.15, 0.2) is 0 Å². The quantitative estimate of drug-likeness (QED) is 0.475. The zero-order chi connectivity index (χ0) is 16.3. The summed E-state index contributed by atoms with van der Waals surface area (Å²) < 4.78 is 70.2. The molecule has 0 unspecified atom stereocenters. The molecule has 10 heteroatoms. The zero-order valence-corrected chi connectivity index (χ0v) is 12.7. The number of rotatable bonds is 2. The average Bonchev–Trinajstić information content (AvgIpc) is 2.65. The molecule has 0 amide bonds. The summed E-state index contributed by atoms with van der Waals surface area (Å²) in [6, 6.07) is 7.31. The Morgan fingerprint density at radius 3 is 2.29 bits per heavy atom. The Hall–Kier alpha value is -1.23. The summed E-state index contributed by atoms with van der Waals surface area (Å²) in [6.07, 6.45) is -5.00. The van der Waals surface area contributed by atoms with Crippen molar-refractivity contribution in [3.05, 3.63) is 29.3 Å². The number of aromatic nitrogens is 1. The molecule has 0 aliphatic heterocycles. The van der Waals surface area contributed by atoms with Crippen molar-refractivity contribution in [3.8, 4) is 0 Å². The molecule has 0 N–H and O–H groups in total. The first kappa shape index (κ1) is 17.8. The van der Waals surface area contributed by atoms with Crippen molar-refractivity contribution in [2.24, 2.45) is 7.05 Å². The Labute approximate surface area is 123 Å². The van der Waals surface area contributed by atoms with Crippen LogP contribution in [0, 0.1) is 0 Å². The minimum Gasteiger partial charge on any atom is -0.726 e. The highest BCUT2D eigenvalue weighted by atomic mass is 32.3. The Morgan fingerprint density at radius 2 is 1.86 bits per heavy atom. The van der Waals surface area contributed by atoms with Crippen molar-refractivity contribution < 1.29 is 34.9 Å². The summed E-state index contributed by atoms with van der Waals surface area (Å²) >= 11 is 1.19. The number of halogens is 3. The van der Waals surface area contributed by atoms with Crippen LogP contribution in [0.3, 0.4) is 0 Å². The maximum Gasteiger partial charge on any atom is 0.399 e. The molecule has 0 saturated carbocycles. The van der Waals surface area contributed by atoms with Crippen LogP contribution in [0.2, 0.25) is 0 Å². The van der Waals surface area contributed by atoms with Crippen molar-refractivity contribution >= 4 is 32.0 Å². The first-order valence-electron chi connectivity index (χ1n) is 5.48. The summed E-state index contributed by atoms with van der Waals surface area (Å²) in [5.74, 6) is 0. The predicted molar refractivity (Wildman–Crippen MR) is 69.5 cm³/mol. The Balaban J connectivity index is 0.000000315. The van der Waals surface area contributed by atoms with Crippen LogP contribution in [-0.4, -0.2) is 26.3 Å². The van der Waals surface area contributed by atoms with Crippen LogP contribution in [-0.2, 0) is 28.1 Å². The number of benzene rings is 1. The van der Waals surface area contributed by atoms with Crippen molar-refractivity contribution in [2.75, 3.05) is 7.11 Å². The largest absolute Gasteiger partial charge is 0.726 e. The average molecular weight is 343 g/mol. The molecule has 1 aromatic carbocycles. The highest BCUT2D eigenvalue weighted by molar-refractivity contribution is 7.80. The first-order chi connectivity index (χ1) is 9.53. The molecule has 21 heavy (non-hydrogen) atoms. The van der Waals surface area contributed by atoms with Gasteiger partial charge in [-0.15, -0.1) is 0 Å². The number of para-hydroxylation sites is 1. The van der Waals surface area contributed by atoms with Gasteiger partial charge >= 0.3 is 6.18 Å². The standard InChI is InChI=1S/C10H9F3NS.CH4O4S/c1-14-7-4-2-3-5-8(7)15-9(14)6-10(11,12)13;1-5-6(2,3)4/h2-5H,6H2,1H3;1H3,(H,2,3,4)/q+1;/p-1. The zero-order valence-electron chi connectivity index (χ0n) is 11.0. The topological polar surface area (TPSA) is 70.3 Å². The lowest BCUT2D eigenvalue weighted by atomic mass is 10.3. The summed E-state index contributed by atoms with van der Waals surface area (Å²) in [7, 11) is -1.94. The van der Waals surface area contributed by atoms with Gasteiger partial charge in [-0.3, -0.25) is 4.18 Å². The van der Waals surface area contributed by atoms with Crippen molar-refractivity contribution in [2.45, 2.75) is 12.6 Å². The number of alkyl halides is 3. The lowest BCUT2D eigenvalue weighted by molar-refractivity contribution is -0.649. The molecular formula is C11H12F3NO4S2. The Bertz CT molecular complexity index is 710. The predicted octanol–water partition coefficient (Wildman–Crippen LogP) is 1.92. The molecule has 118 valence electrons. The molecule has 0 spiro atoms. The number of hydrogen-bond acceptors (Lipinski definition) is 5. The summed E-state index contributed by atoms with van der Waals surface area (Å²) in [4.78, 5) is 0. The van der Waals surface area contributed by atoms with Gasteiger partial charge in [0.25, 0.3) is 0 Å². The van der Waals surface area contributed by atoms with Gasteiger partial charge in [0.05, 0.1) is 7.11 Å². The van der Waals surface area contributed by atoms with Gasteiger partial charge in [0.2, 0.25) is 20.9 Å². The lowest BCUT2D eigenvalue weighted by Crippen LogP contribution is -2.33. The fourth-order valence-electron chi connectivity index (χ4n) is 1.48. The van der Waals surface area contributed by atoms with Crippen LogP contribution in [0.1, 0.15) is 5.01 Å². The van der Waals surface area contributed by atoms with Crippen LogP contribution < -0.4 is 4.57 Å². The molecular weight excluding hydrogens is 331 g/mol. The lowest BCUT2D eigenvalue weighted by Gasteiger charge is -2.00. The number of thiazole rings is 1. The Morgan fingerprint density at radius 1 is 1.33 bits per heavy atom. The number of aryl methyl sites for hydroxylation is 1. The summed E-state index contributed by atoms with van der Waals surface area (Å²) in [5, 5.41) is 0.337. The third-order valence-corrected chi connectivity index (χ3v) is 4.01. The molecule has 1 aromatic heterocycles. The van der Waals surface area contributed by atoms with E-state index in [1.54, 1.807) is 11.6 Å². The molecule has 0 aliphatic carbocycles. The third-order valence-electron chi connectivity index (χ3n) is 2.38. The van der Waals surface area contributed by atoms with E-state index in [1.807, 2.05) is 24.3 Å². The molecule has 1 heterocycles. The second-order valence-electron chi connectivity index (χ2n) is 3.89. The van der Waals surface area contributed by atoms with E-state index in [0.717, 1.165) is 17.3 Å². The van der Waals surface area contributed by atoms with Gasteiger partial charge in [-0.1, -0.05) is 23.5 Å². The first-order valence-corrected chi connectivity index (χ1v) is 7.63. The second-order valence-corrected chi connectivity index (χ2v) is 6.15. The minimum absolute atomic E-state index is 0.337. The minimum atomic E-state index is -4.41. The molecule has 0 radical (unpaired) electrons. The smallest absolute Gasteiger partial charge is 0.399 e. The molecule has 2 rings (SSSR count). The van der Waals surface area contributed by atoms with Gasteiger partial charge in [0, 0.05) is 6.07 Å². The highest BCUT2D eigenvalue weighted by Crippen LogP contribution is 2.26. The molecule has 0 saturated heterocycles. The second kappa shape index (κ2) is 6.69. The number of fused-ring (bicyclic) bond motifs is 1. The Kier molecular flexibility index (Phi) is 5.68. The van der Waals surface area contributed by atoms with E-state index in [4.69, 9.17) is 0 Å². The van der Waals surface area contributed by atoms with E-state index in [2.05, 4.69) is 4.18 Å². The van der Waals surface area contributed by atoms with Crippen molar-refractivity contribution in [3.63, 3.8) is 0 Å². The maximum absolute atomic E-state index is 12.2. The molecule has 0 atom stereocenters. The van der Waals surface area contributed by atoms with Crippen LogP contribution in [0.15, 0.2) is 24.3 Å². The highest BCUT2D eigenvalue weighted by Gasteiger charge is 2.34. The maximum atomic E-state index is 12.2. The van der Waals surface area contributed by atoms with E-state index in [0.29, 0.717) is 5.01 Å². The third kappa shape index (κ3) is 5.96. The molecule has 0 fully saturated rings. The van der Waals surface area contributed by atoms with E-state index in [-0.39, 0.29) is 0 Å². The van der Waals surface area contributed by atoms with Crippen LogP contribution in [0.25, 0.3) is 10.2 Å². The van der Waals surface area contributed by atoms with Gasteiger partial charge in [-0.2, -0.15) is 17.7 Å². The molecule has 0 aliphatic rings. The summed E-state index contributed by atoms with van der Waals surface area (Å²) in [5.41, 5.74) is 0.849. The van der Waals surface area contributed by atoms with Crippen LogP contribution in [0.5, 0.6) is 0 Å². The van der Waals surface area contributed by atoms with E-state index in [1.165, 1.54) is 11.3 Å². The number of nitrogens with zero attached hydrogens (tertiary/aromatic N) is 1. The van der Waals surface area contributed by atoms with Gasteiger partial charge in [0.1, 0.15) is 18.2 Å². The van der Waals surface area contributed by atoms with E-state index < -0.39 is 23.0 Å². The number of hydrogen-bond donors (Lipinski definition) is 0. The fourth-order valence-corrected chi connectivity index (χ4v) is 2.66. The van der Waals surface area contributed by atoms with Crippen molar-refractivity contribution in [1.82, 2.24) is 0 Å². The van der Waals surface area contributed by atoms with E-state index >= 15 is 0 Å². The SMILES string of the molecule is COS(=O)(=O)[O-].C[n+]1c(CC(F)(F)F)sc2ccccc21. The van der Waals surface area contributed by atoms with Crippen LogP contribution in [0.4, 0.5) is 13.2 Å². The molecule has 0 bridgehead atoms. The van der Waals surface area contributed by atoms with Crippen LogP contribution >= 0.6 is 11.3 Å². The van der Waals surface area contributed by atoms with E-state index in [9.17, 15) is 26.1 Å². The van der Waals surface area contributed by atoms with Crippen molar-refractivity contribution in [1.29, 1.82) is 0 Å². The molecule has 5 nitrogen and oxygen atoms in total. The van der Waals surface area contributed by atoms with Gasteiger partial charge in [-0.05, 0) is 6.07 Å². The molecule has 2 aromatic rings. The normalized spacial score (nSPS) is 12.1. The van der Waals surface area contributed by atoms with Gasteiger partial charge < -0.3 is 4.55 Å². The summed E-state index contributed by atoms with van der Waals surface area (Å²) in [6.45, 7) is 0.